The molecule has 3 heterocycles. The van der Waals surface area contributed by atoms with Crippen LogP contribution >= 0.6 is 0 Å². The van der Waals surface area contributed by atoms with E-state index in [0.717, 1.165) is 19.3 Å². The van der Waals surface area contributed by atoms with Crippen LogP contribution in [0.2, 0.25) is 0 Å². The first-order valence-electron chi connectivity index (χ1n) is 28.9. The van der Waals surface area contributed by atoms with Crippen LogP contribution in [0.25, 0.3) is 11.1 Å². The molecule has 4 heteroatoms. The van der Waals surface area contributed by atoms with Crippen LogP contribution in [0.4, 0.5) is 45.5 Å². The predicted molar refractivity (Wildman–Crippen MR) is 329 cm³/mol. The van der Waals surface area contributed by atoms with Gasteiger partial charge in [-0.25, -0.2) is 0 Å². The highest BCUT2D eigenvalue weighted by atomic mass is 15.3. The summed E-state index contributed by atoms with van der Waals surface area (Å²) in [5, 5.41) is 0. The van der Waals surface area contributed by atoms with E-state index >= 15 is 0 Å². The topological polar surface area (TPSA) is 9.72 Å². The molecule has 12 rings (SSSR count). The molecular formula is C72H84BN3. The van der Waals surface area contributed by atoms with E-state index in [1.54, 1.807) is 0 Å². The van der Waals surface area contributed by atoms with Gasteiger partial charge in [0, 0.05) is 50.8 Å². The predicted octanol–water partition coefficient (Wildman–Crippen LogP) is 17.8. The summed E-state index contributed by atoms with van der Waals surface area (Å²) in [4.78, 5) is 8.16. The lowest BCUT2D eigenvalue weighted by Gasteiger charge is -2.54. The normalized spacial score (nSPS) is 21.5. The smallest absolute Gasteiger partial charge is 0.252 e. The minimum absolute atomic E-state index is 0.0120. The standard InChI is InChI=1S/C72H84BN3/c1-45-35-63-65-64(36-45)75(59-31-25-50(67(5,6)7)39-55(59)46-21-19-18-20-22-46)61-38-48-43-70(14,15)42-47(48)37-58(61)73(65)57-30-29-54(41-62(57)74(63)53-27-23-49(24-28-53)66(2,3)4)76-60-32-26-51(68(8,9)10)40-56(60)71(16)44-52(69(11,12)13)33-34-72(71,76)17/h18-32,35-41,52H,33-34,42-44H2,1-17H3. The van der Waals surface area contributed by atoms with E-state index in [2.05, 4.69) is 266 Å². The van der Waals surface area contributed by atoms with Gasteiger partial charge in [0.15, 0.2) is 0 Å². The third kappa shape index (κ3) is 7.87. The molecule has 0 saturated heterocycles. The van der Waals surface area contributed by atoms with Gasteiger partial charge in [0.25, 0.3) is 6.71 Å². The van der Waals surface area contributed by atoms with Crippen LogP contribution in [0.1, 0.15) is 169 Å². The maximum absolute atomic E-state index is 2.82. The van der Waals surface area contributed by atoms with Crippen molar-refractivity contribution in [3.8, 4) is 11.1 Å². The number of aryl methyl sites for hydroxylation is 1. The highest BCUT2D eigenvalue weighted by Gasteiger charge is 2.60. The first-order valence-corrected chi connectivity index (χ1v) is 28.9. The van der Waals surface area contributed by atoms with Crippen molar-refractivity contribution >= 4 is 68.6 Å². The van der Waals surface area contributed by atoms with E-state index in [-0.39, 0.29) is 44.7 Å². The molecule has 7 aromatic rings. The molecule has 3 atom stereocenters. The number of rotatable bonds is 4. The Morgan fingerprint density at radius 1 is 0.500 bits per heavy atom. The molecule has 390 valence electrons. The van der Waals surface area contributed by atoms with Gasteiger partial charge in [0.2, 0.25) is 0 Å². The van der Waals surface area contributed by atoms with Crippen molar-refractivity contribution < 1.29 is 0 Å². The van der Waals surface area contributed by atoms with Gasteiger partial charge in [-0.15, -0.1) is 0 Å². The van der Waals surface area contributed by atoms with Crippen molar-refractivity contribution in [3.63, 3.8) is 0 Å². The Hall–Kier alpha value is -6.00. The monoisotopic (exact) mass is 1000 g/mol. The van der Waals surface area contributed by atoms with Crippen LogP contribution in [0, 0.1) is 23.7 Å². The number of hydrogen-bond acceptors (Lipinski definition) is 3. The van der Waals surface area contributed by atoms with E-state index in [4.69, 9.17) is 0 Å². The molecule has 3 nitrogen and oxygen atoms in total. The van der Waals surface area contributed by atoms with Gasteiger partial charge in [0.1, 0.15) is 0 Å². The zero-order chi connectivity index (χ0) is 54.0. The van der Waals surface area contributed by atoms with Crippen LogP contribution in [0.5, 0.6) is 0 Å². The molecule has 0 aromatic heterocycles. The lowest BCUT2D eigenvalue weighted by atomic mass is 9.33. The second-order valence-corrected chi connectivity index (χ2v) is 29.6. The van der Waals surface area contributed by atoms with Crippen LogP contribution in [0.3, 0.4) is 0 Å². The number of hydrogen-bond donors (Lipinski definition) is 0. The molecule has 7 aromatic carbocycles. The van der Waals surface area contributed by atoms with Gasteiger partial charge in [-0.05, 0) is 201 Å². The maximum atomic E-state index is 2.82. The van der Waals surface area contributed by atoms with Crippen molar-refractivity contribution in [1.29, 1.82) is 0 Å². The zero-order valence-electron chi connectivity index (χ0n) is 49.2. The molecule has 0 spiro atoms. The van der Waals surface area contributed by atoms with Crippen LogP contribution in [-0.4, -0.2) is 12.3 Å². The van der Waals surface area contributed by atoms with E-state index in [9.17, 15) is 0 Å². The average molecular weight is 1000 g/mol. The highest BCUT2D eigenvalue weighted by Crippen LogP contribution is 2.64. The van der Waals surface area contributed by atoms with Crippen molar-refractivity contribution in [2.45, 2.75) is 177 Å². The van der Waals surface area contributed by atoms with Crippen molar-refractivity contribution in [2.24, 2.45) is 16.7 Å². The third-order valence-corrected chi connectivity index (χ3v) is 19.5. The summed E-state index contributed by atoms with van der Waals surface area (Å²) in [6.07, 6.45) is 5.70. The Balaban J connectivity index is 1.13. The van der Waals surface area contributed by atoms with E-state index in [1.807, 2.05) is 0 Å². The summed E-state index contributed by atoms with van der Waals surface area (Å²) in [6.45, 7) is 41.1. The van der Waals surface area contributed by atoms with E-state index in [0.29, 0.717) is 5.92 Å². The second kappa shape index (κ2) is 16.8. The van der Waals surface area contributed by atoms with Gasteiger partial charge >= 0.3 is 0 Å². The van der Waals surface area contributed by atoms with Crippen molar-refractivity contribution in [3.05, 3.63) is 172 Å². The van der Waals surface area contributed by atoms with Gasteiger partial charge in [-0.3, -0.25) is 0 Å². The Morgan fingerprint density at radius 3 is 1.70 bits per heavy atom. The summed E-state index contributed by atoms with van der Waals surface area (Å²) in [6, 6.07) is 53.5. The average Bonchev–Trinajstić information content (AvgIpc) is 3.93. The zero-order valence-corrected chi connectivity index (χ0v) is 49.2. The number of fused-ring (bicyclic) bond motifs is 8. The summed E-state index contributed by atoms with van der Waals surface area (Å²) < 4.78 is 0. The highest BCUT2D eigenvalue weighted by molar-refractivity contribution is 7.00. The minimum atomic E-state index is -0.123. The third-order valence-electron chi connectivity index (χ3n) is 19.5. The summed E-state index contributed by atoms with van der Waals surface area (Å²) >= 11 is 0. The quantitative estimate of drug-likeness (QED) is 0.163. The minimum Gasteiger partial charge on any atom is -0.334 e. The number of anilines is 8. The lowest BCUT2D eigenvalue weighted by Crippen LogP contribution is -2.61. The first kappa shape index (κ1) is 50.8. The Kier molecular flexibility index (Phi) is 11.2. The Bertz CT molecular complexity index is 3480. The van der Waals surface area contributed by atoms with E-state index < -0.39 is 0 Å². The molecule has 76 heavy (non-hydrogen) atoms. The Morgan fingerprint density at radius 2 is 1.07 bits per heavy atom. The van der Waals surface area contributed by atoms with Gasteiger partial charge in [-0.2, -0.15) is 0 Å². The molecule has 2 aliphatic carbocycles. The number of benzene rings is 7. The van der Waals surface area contributed by atoms with Crippen molar-refractivity contribution in [1.82, 2.24) is 0 Å². The lowest BCUT2D eigenvalue weighted by molar-refractivity contribution is 0.0786. The fraction of sp³-hybridized carbons (Fsp3) is 0.417. The fourth-order valence-corrected chi connectivity index (χ4v) is 14.9. The van der Waals surface area contributed by atoms with Crippen LogP contribution in [0.15, 0.2) is 133 Å². The van der Waals surface area contributed by atoms with Crippen molar-refractivity contribution in [2.75, 3.05) is 14.7 Å². The fourth-order valence-electron chi connectivity index (χ4n) is 14.9. The molecule has 5 aliphatic rings. The SMILES string of the molecule is Cc1cc2c3c(c1)N(c1ccc(C(C)(C)C)cc1-c1ccccc1)c1cc4c(cc1B3c1ccc(N3c5ccc(C(C)(C)C)cc5C5(C)CC(C(C)(C)C)CCC35C)cc1N2c1ccc(C(C)(C)C)cc1)CC(C)(C)C4. The maximum Gasteiger partial charge on any atom is 0.252 e. The van der Waals surface area contributed by atoms with Gasteiger partial charge < -0.3 is 14.7 Å². The summed E-state index contributed by atoms with van der Waals surface area (Å²) in [7, 11) is 0. The molecule has 0 radical (unpaired) electrons. The van der Waals surface area contributed by atoms with Gasteiger partial charge in [-0.1, -0.05) is 177 Å². The summed E-state index contributed by atoms with van der Waals surface area (Å²) in [5.74, 6) is 0.638. The molecule has 0 N–H and O–H groups in total. The second-order valence-electron chi connectivity index (χ2n) is 29.6. The van der Waals surface area contributed by atoms with Crippen LogP contribution in [-0.2, 0) is 34.5 Å². The Labute approximate surface area is 458 Å². The van der Waals surface area contributed by atoms with Crippen LogP contribution < -0.4 is 31.1 Å². The largest absolute Gasteiger partial charge is 0.334 e. The molecule has 1 fully saturated rings. The molecular weight excluding hydrogens is 918 g/mol. The summed E-state index contributed by atoms with van der Waals surface area (Å²) in [5.41, 5.74) is 27.1. The first-order chi connectivity index (χ1) is 35.6. The molecule has 0 bridgehead atoms. The number of nitrogens with zero attached hydrogens (tertiary/aromatic N) is 3. The molecule has 1 saturated carbocycles. The van der Waals surface area contributed by atoms with E-state index in [1.165, 1.54) is 125 Å². The van der Waals surface area contributed by atoms with Gasteiger partial charge in [0.05, 0.1) is 11.2 Å². The molecule has 0 amide bonds. The molecule has 3 unspecified atom stereocenters. The molecule has 3 aliphatic heterocycles.